The Morgan fingerprint density at radius 1 is 1.24 bits per heavy atom. The maximum atomic E-state index is 12.9. The molecule has 2 aromatic heterocycles. The molecule has 2 saturated heterocycles. The van der Waals surface area contributed by atoms with Crippen molar-refractivity contribution in [2.75, 3.05) is 45.3 Å². The molecule has 4 heterocycles. The highest BCUT2D eigenvalue weighted by molar-refractivity contribution is 6.33. The summed E-state index contributed by atoms with van der Waals surface area (Å²) in [6.07, 6.45) is 9.19. The van der Waals surface area contributed by atoms with E-state index in [-0.39, 0.29) is 18.1 Å². The third kappa shape index (κ3) is 6.69. The zero-order chi connectivity index (χ0) is 23.0. The standard InChI is InChI=1S/C24H32ClN5O3/c1-32-15-18-3-2-17(11-27-18)23(31)9-19-8-20(21(25)12-28-19)22-13-26-14-24(30-22)29-10-16-4-6-33-7-5-16/h8,12-14,16-18,27H,2-7,9-11,15H2,1H3,(H,29,30)/t17-,18+/m1/s1. The summed E-state index contributed by atoms with van der Waals surface area (Å²) in [4.78, 5) is 26.3. The summed E-state index contributed by atoms with van der Waals surface area (Å²) in [5, 5.41) is 7.28. The minimum Gasteiger partial charge on any atom is -0.383 e. The fourth-order valence-electron chi connectivity index (χ4n) is 4.41. The fourth-order valence-corrected chi connectivity index (χ4v) is 4.61. The van der Waals surface area contributed by atoms with Crippen molar-refractivity contribution in [1.82, 2.24) is 20.3 Å². The lowest BCUT2D eigenvalue weighted by Crippen LogP contribution is -2.44. The van der Waals surface area contributed by atoms with E-state index in [1.54, 1.807) is 25.7 Å². The molecule has 178 valence electrons. The van der Waals surface area contributed by atoms with Crippen LogP contribution in [-0.2, 0) is 20.7 Å². The van der Waals surface area contributed by atoms with Crippen LogP contribution >= 0.6 is 11.6 Å². The van der Waals surface area contributed by atoms with Crippen LogP contribution in [0, 0.1) is 11.8 Å². The van der Waals surface area contributed by atoms with Crippen LogP contribution in [0.4, 0.5) is 5.82 Å². The Morgan fingerprint density at radius 3 is 2.85 bits per heavy atom. The van der Waals surface area contributed by atoms with Gasteiger partial charge in [0.15, 0.2) is 0 Å². The number of halogens is 1. The number of hydrogen-bond donors (Lipinski definition) is 2. The Bertz CT molecular complexity index is 930. The molecule has 2 atom stereocenters. The second-order valence-corrected chi connectivity index (χ2v) is 9.27. The van der Waals surface area contributed by atoms with E-state index in [2.05, 4.69) is 20.6 Å². The number of aromatic nitrogens is 3. The van der Waals surface area contributed by atoms with Crippen molar-refractivity contribution in [3.05, 3.63) is 35.4 Å². The molecule has 2 fully saturated rings. The summed E-state index contributed by atoms with van der Waals surface area (Å²) in [6, 6.07) is 2.18. The Morgan fingerprint density at radius 2 is 2.09 bits per heavy atom. The number of Topliss-reactive ketones (excluding diaryl/α,β-unsaturated/α-hetero) is 1. The average molecular weight is 474 g/mol. The van der Waals surface area contributed by atoms with Crippen LogP contribution in [0.1, 0.15) is 31.4 Å². The van der Waals surface area contributed by atoms with Crippen LogP contribution in [0.3, 0.4) is 0 Å². The Balaban J connectivity index is 1.39. The van der Waals surface area contributed by atoms with E-state index in [0.29, 0.717) is 47.3 Å². The summed E-state index contributed by atoms with van der Waals surface area (Å²) in [5.74, 6) is 1.47. The molecule has 4 rings (SSSR count). The van der Waals surface area contributed by atoms with Gasteiger partial charge in [0.25, 0.3) is 0 Å². The van der Waals surface area contributed by atoms with E-state index in [1.807, 2.05) is 6.07 Å². The van der Waals surface area contributed by atoms with Crippen LogP contribution < -0.4 is 10.6 Å². The average Bonchev–Trinajstić information content (AvgIpc) is 2.85. The predicted molar refractivity (Wildman–Crippen MR) is 127 cm³/mol. The lowest BCUT2D eigenvalue weighted by molar-refractivity contribution is -0.123. The molecule has 33 heavy (non-hydrogen) atoms. The number of piperidine rings is 1. The molecule has 8 nitrogen and oxygen atoms in total. The smallest absolute Gasteiger partial charge is 0.145 e. The van der Waals surface area contributed by atoms with Crippen LogP contribution in [0.2, 0.25) is 5.02 Å². The second-order valence-electron chi connectivity index (χ2n) is 8.86. The van der Waals surface area contributed by atoms with Gasteiger partial charge in [-0.05, 0) is 37.7 Å². The number of carbonyl (C=O) groups excluding carboxylic acids is 1. The zero-order valence-corrected chi connectivity index (χ0v) is 19.8. The van der Waals surface area contributed by atoms with E-state index in [0.717, 1.165) is 51.0 Å². The number of anilines is 1. The van der Waals surface area contributed by atoms with Gasteiger partial charge in [-0.15, -0.1) is 0 Å². The fraction of sp³-hybridized carbons (Fsp3) is 0.583. The summed E-state index contributed by atoms with van der Waals surface area (Å²) in [5.41, 5.74) is 2.09. The molecule has 0 unspecified atom stereocenters. The highest BCUT2D eigenvalue weighted by Gasteiger charge is 2.26. The molecule has 0 amide bonds. The number of rotatable bonds is 9. The number of ketones is 1. The quantitative estimate of drug-likeness (QED) is 0.573. The molecule has 0 saturated carbocycles. The molecule has 0 spiro atoms. The third-order valence-electron chi connectivity index (χ3n) is 6.43. The minimum absolute atomic E-state index is 0.00320. The summed E-state index contributed by atoms with van der Waals surface area (Å²) >= 11 is 6.44. The molecule has 2 aromatic rings. The Kier molecular flexibility index (Phi) is 8.61. The predicted octanol–water partition coefficient (Wildman–Crippen LogP) is 3.16. The molecular formula is C24H32ClN5O3. The van der Waals surface area contributed by atoms with Gasteiger partial charge in [0.2, 0.25) is 0 Å². The summed E-state index contributed by atoms with van der Waals surface area (Å²) < 4.78 is 10.6. The normalized spacial score (nSPS) is 21.6. The van der Waals surface area contributed by atoms with Gasteiger partial charge < -0.3 is 20.1 Å². The SMILES string of the molecule is COC[C@@H]1CC[C@@H](C(=O)Cc2cc(-c3cncc(NCC4CCOCC4)n3)c(Cl)cn2)CN1. The van der Waals surface area contributed by atoms with Crippen molar-refractivity contribution in [3.8, 4) is 11.3 Å². The number of nitrogens with zero attached hydrogens (tertiary/aromatic N) is 3. The first kappa shape index (κ1) is 24.0. The van der Waals surface area contributed by atoms with Gasteiger partial charge in [-0.2, -0.15) is 0 Å². The van der Waals surface area contributed by atoms with Crippen LogP contribution in [0.25, 0.3) is 11.3 Å². The van der Waals surface area contributed by atoms with Crippen molar-refractivity contribution < 1.29 is 14.3 Å². The number of hydrogen-bond acceptors (Lipinski definition) is 8. The molecule has 2 aliphatic heterocycles. The van der Waals surface area contributed by atoms with Gasteiger partial charge >= 0.3 is 0 Å². The van der Waals surface area contributed by atoms with E-state index in [1.165, 1.54) is 0 Å². The van der Waals surface area contributed by atoms with E-state index < -0.39 is 0 Å². The summed E-state index contributed by atoms with van der Waals surface area (Å²) in [6.45, 7) is 3.83. The molecular weight excluding hydrogens is 442 g/mol. The first-order valence-electron chi connectivity index (χ1n) is 11.7. The lowest BCUT2D eigenvalue weighted by Gasteiger charge is -2.28. The number of methoxy groups -OCH3 is 1. The highest BCUT2D eigenvalue weighted by atomic mass is 35.5. The first-order valence-corrected chi connectivity index (χ1v) is 12.0. The van der Waals surface area contributed by atoms with Crippen LogP contribution in [0.5, 0.6) is 0 Å². The molecule has 9 heteroatoms. The summed E-state index contributed by atoms with van der Waals surface area (Å²) in [7, 11) is 1.70. The molecule has 0 aliphatic carbocycles. The molecule has 0 aromatic carbocycles. The van der Waals surface area contributed by atoms with Crippen LogP contribution in [-0.4, -0.2) is 66.8 Å². The minimum atomic E-state index is -0.00320. The molecule has 2 N–H and O–H groups in total. The highest BCUT2D eigenvalue weighted by Crippen LogP contribution is 2.28. The maximum Gasteiger partial charge on any atom is 0.145 e. The van der Waals surface area contributed by atoms with Crippen molar-refractivity contribution in [2.45, 2.75) is 38.1 Å². The molecule has 2 aliphatic rings. The van der Waals surface area contributed by atoms with Gasteiger partial charge in [0.05, 0.1) is 29.7 Å². The van der Waals surface area contributed by atoms with Gasteiger partial charge in [-0.1, -0.05) is 11.6 Å². The number of carbonyl (C=O) groups is 1. The van der Waals surface area contributed by atoms with Gasteiger partial charge in [0, 0.05) is 69.2 Å². The number of nitrogens with one attached hydrogen (secondary N) is 2. The van der Waals surface area contributed by atoms with E-state index in [9.17, 15) is 4.79 Å². The van der Waals surface area contributed by atoms with E-state index >= 15 is 0 Å². The number of ether oxygens (including phenoxy) is 2. The first-order chi connectivity index (χ1) is 16.1. The van der Waals surface area contributed by atoms with Crippen molar-refractivity contribution in [1.29, 1.82) is 0 Å². The second kappa shape index (κ2) is 11.8. The van der Waals surface area contributed by atoms with Crippen LogP contribution in [0.15, 0.2) is 24.7 Å². The Labute approximate surface area is 199 Å². The lowest BCUT2D eigenvalue weighted by atomic mass is 9.89. The molecule has 0 radical (unpaired) electrons. The topological polar surface area (TPSA) is 98.3 Å². The zero-order valence-electron chi connectivity index (χ0n) is 19.1. The largest absolute Gasteiger partial charge is 0.383 e. The van der Waals surface area contributed by atoms with Crippen molar-refractivity contribution in [3.63, 3.8) is 0 Å². The monoisotopic (exact) mass is 473 g/mol. The number of pyridine rings is 1. The van der Waals surface area contributed by atoms with E-state index in [4.69, 9.17) is 26.1 Å². The Hall–Kier alpha value is -2.13. The van der Waals surface area contributed by atoms with Gasteiger partial charge in [-0.25, -0.2) is 4.98 Å². The third-order valence-corrected chi connectivity index (χ3v) is 6.73. The van der Waals surface area contributed by atoms with Crippen molar-refractivity contribution >= 4 is 23.2 Å². The van der Waals surface area contributed by atoms with Crippen molar-refractivity contribution in [2.24, 2.45) is 11.8 Å². The maximum absolute atomic E-state index is 12.9. The van der Waals surface area contributed by atoms with Gasteiger partial charge in [0.1, 0.15) is 11.6 Å². The van der Waals surface area contributed by atoms with Gasteiger partial charge in [-0.3, -0.25) is 14.8 Å². The molecule has 0 bridgehead atoms.